The van der Waals surface area contributed by atoms with Gasteiger partial charge in [-0.25, -0.2) is 4.98 Å². The van der Waals surface area contributed by atoms with Crippen molar-refractivity contribution in [2.45, 2.75) is 57.3 Å². The van der Waals surface area contributed by atoms with Crippen LogP contribution in [0.5, 0.6) is 0 Å². The van der Waals surface area contributed by atoms with E-state index in [1.54, 1.807) is 0 Å². The standard InChI is InChI=1S/C19H26N4OS/c1-13(2)18-20-19(22-21-18)25-12-17(24)23(14(3)16-9-10-16)11-15-7-5-4-6-8-15/h4-8,13-14,16H,9-12H2,1-3H3,(H,20,21,22)/t14-/m1/s1. The normalized spacial score (nSPS) is 15.4. The molecule has 0 aliphatic heterocycles. The van der Waals surface area contributed by atoms with Crippen molar-refractivity contribution in [1.82, 2.24) is 20.1 Å². The first-order valence-corrected chi connectivity index (χ1v) is 9.91. The second kappa shape index (κ2) is 8.04. The second-order valence-electron chi connectivity index (χ2n) is 7.03. The number of carbonyl (C=O) groups excluding carboxylic acids is 1. The number of amides is 1. The molecule has 2 aromatic rings. The Kier molecular flexibility index (Phi) is 5.78. The highest BCUT2D eigenvalue weighted by molar-refractivity contribution is 7.99. The van der Waals surface area contributed by atoms with E-state index in [0.717, 1.165) is 5.82 Å². The first kappa shape index (κ1) is 18.0. The van der Waals surface area contributed by atoms with Gasteiger partial charge in [0.2, 0.25) is 11.1 Å². The smallest absolute Gasteiger partial charge is 0.233 e. The Morgan fingerprint density at radius 3 is 2.60 bits per heavy atom. The molecule has 0 bridgehead atoms. The minimum absolute atomic E-state index is 0.157. The molecular weight excluding hydrogens is 332 g/mol. The highest BCUT2D eigenvalue weighted by Gasteiger charge is 2.34. The zero-order valence-electron chi connectivity index (χ0n) is 15.1. The summed E-state index contributed by atoms with van der Waals surface area (Å²) in [6.45, 7) is 6.98. The van der Waals surface area contributed by atoms with Crippen LogP contribution in [0.4, 0.5) is 0 Å². The Labute approximate surface area is 153 Å². The van der Waals surface area contributed by atoms with Crippen LogP contribution in [0.1, 0.15) is 50.9 Å². The van der Waals surface area contributed by atoms with Gasteiger partial charge >= 0.3 is 0 Å². The van der Waals surface area contributed by atoms with Gasteiger partial charge in [-0.3, -0.25) is 9.89 Å². The van der Waals surface area contributed by atoms with Crippen molar-refractivity contribution in [2.75, 3.05) is 5.75 Å². The van der Waals surface area contributed by atoms with Crippen LogP contribution >= 0.6 is 11.8 Å². The molecule has 134 valence electrons. The molecule has 1 N–H and O–H groups in total. The number of nitrogens with one attached hydrogen (secondary N) is 1. The van der Waals surface area contributed by atoms with E-state index in [1.807, 2.05) is 23.1 Å². The SMILES string of the molecule is CC(C)c1nc(SCC(=O)N(Cc2ccccc2)[C@H](C)C2CC2)n[nH]1. The van der Waals surface area contributed by atoms with Crippen molar-refractivity contribution in [3.8, 4) is 0 Å². The third kappa shape index (κ3) is 4.84. The number of hydrogen-bond acceptors (Lipinski definition) is 4. The molecule has 0 saturated heterocycles. The topological polar surface area (TPSA) is 61.9 Å². The Balaban J connectivity index is 1.63. The molecule has 6 heteroatoms. The molecule has 1 aromatic carbocycles. The van der Waals surface area contributed by atoms with E-state index in [9.17, 15) is 4.79 Å². The zero-order chi connectivity index (χ0) is 17.8. The second-order valence-corrected chi connectivity index (χ2v) is 7.97. The number of aromatic nitrogens is 3. The minimum atomic E-state index is 0.157. The number of carbonyl (C=O) groups is 1. The molecule has 1 aromatic heterocycles. The molecule has 3 rings (SSSR count). The first-order chi connectivity index (χ1) is 12.0. The van der Waals surface area contributed by atoms with E-state index in [-0.39, 0.29) is 11.9 Å². The lowest BCUT2D eigenvalue weighted by Gasteiger charge is -2.29. The van der Waals surface area contributed by atoms with E-state index in [2.05, 4.69) is 48.1 Å². The van der Waals surface area contributed by atoms with Gasteiger partial charge in [0, 0.05) is 18.5 Å². The summed E-state index contributed by atoms with van der Waals surface area (Å²) >= 11 is 1.41. The van der Waals surface area contributed by atoms with E-state index >= 15 is 0 Å². The fourth-order valence-corrected chi connectivity index (χ4v) is 3.55. The van der Waals surface area contributed by atoms with Gasteiger partial charge in [0.05, 0.1) is 5.75 Å². The first-order valence-electron chi connectivity index (χ1n) is 8.93. The summed E-state index contributed by atoms with van der Waals surface area (Å²) in [6, 6.07) is 10.5. The largest absolute Gasteiger partial charge is 0.335 e. The molecule has 1 aliphatic carbocycles. The van der Waals surface area contributed by atoms with Crippen LogP contribution in [0, 0.1) is 5.92 Å². The number of benzene rings is 1. The van der Waals surface area contributed by atoms with Crippen LogP contribution in [0.25, 0.3) is 0 Å². The van der Waals surface area contributed by atoms with Gasteiger partial charge < -0.3 is 4.90 Å². The lowest BCUT2D eigenvalue weighted by atomic mass is 10.1. The zero-order valence-corrected chi connectivity index (χ0v) is 15.9. The molecule has 1 saturated carbocycles. The molecule has 1 heterocycles. The molecule has 5 nitrogen and oxygen atoms in total. The molecule has 25 heavy (non-hydrogen) atoms. The van der Waals surface area contributed by atoms with Crippen molar-refractivity contribution in [3.63, 3.8) is 0 Å². The predicted molar refractivity (Wildman–Crippen MR) is 100 cm³/mol. The summed E-state index contributed by atoms with van der Waals surface area (Å²) in [4.78, 5) is 19.3. The summed E-state index contributed by atoms with van der Waals surface area (Å²) in [7, 11) is 0. The lowest BCUT2D eigenvalue weighted by molar-refractivity contribution is -0.131. The van der Waals surface area contributed by atoms with Crippen LogP contribution in [0.15, 0.2) is 35.5 Å². The Hall–Kier alpha value is -1.82. The highest BCUT2D eigenvalue weighted by atomic mass is 32.2. The van der Waals surface area contributed by atoms with Gasteiger partial charge in [0.1, 0.15) is 5.82 Å². The number of H-pyrrole nitrogens is 1. The van der Waals surface area contributed by atoms with Crippen LogP contribution in [-0.2, 0) is 11.3 Å². The molecule has 0 unspecified atom stereocenters. The Morgan fingerprint density at radius 2 is 2.00 bits per heavy atom. The van der Waals surface area contributed by atoms with Gasteiger partial charge in [0.15, 0.2) is 0 Å². The van der Waals surface area contributed by atoms with Gasteiger partial charge in [0.25, 0.3) is 0 Å². The monoisotopic (exact) mass is 358 g/mol. The van der Waals surface area contributed by atoms with E-state index in [1.165, 1.54) is 30.2 Å². The molecule has 1 fully saturated rings. The predicted octanol–water partition coefficient (Wildman–Crippen LogP) is 3.85. The van der Waals surface area contributed by atoms with Crippen molar-refractivity contribution < 1.29 is 4.79 Å². The van der Waals surface area contributed by atoms with Crippen molar-refractivity contribution in [1.29, 1.82) is 0 Å². The molecule has 1 amide bonds. The van der Waals surface area contributed by atoms with Gasteiger partial charge in [-0.15, -0.1) is 5.10 Å². The number of hydrogen-bond donors (Lipinski definition) is 1. The van der Waals surface area contributed by atoms with Crippen LogP contribution in [-0.4, -0.2) is 37.8 Å². The molecular formula is C19H26N4OS. The number of aromatic amines is 1. The Bertz CT molecular complexity index is 696. The summed E-state index contributed by atoms with van der Waals surface area (Å²) in [5, 5.41) is 7.79. The van der Waals surface area contributed by atoms with Gasteiger partial charge in [-0.05, 0) is 31.2 Å². The van der Waals surface area contributed by atoms with Crippen LogP contribution in [0.2, 0.25) is 0 Å². The summed E-state index contributed by atoms with van der Waals surface area (Å²) in [6.07, 6.45) is 2.46. The van der Waals surface area contributed by atoms with E-state index < -0.39 is 0 Å². The number of nitrogens with zero attached hydrogens (tertiary/aromatic N) is 3. The lowest BCUT2D eigenvalue weighted by Crippen LogP contribution is -2.40. The van der Waals surface area contributed by atoms with Crippen molar-refractivity contribution in [3.05, 3.63) is 41.7 Å². The quantitative estimate of drug-likeness (QED) is 0.728. The average molecular weight is 359 g/mol. The van der Waals surface area contributed by atoms with E-state index in [0.29, 0.717) is 29.3 Å². The molecule has 0 spiro atoms. The average Bonchev–Trinajstić information content (AvgIpc) is 3.35. The van der Waals surface area contributed by atoms with Crippen LogP contribution in [0.3, 0.4) is 0 Å². The van der Waals surface area contributed by atoms with E-state index in [4.69, 9.17) is 0 Å². The maximum Gasteiger partial charge on any atom is 0.233 e. The number of thioether (sulfide) groups is 1. The molecule has 1 atom stereocenters. The molecule has 1 aliphatic rings. The maximum absolute atomic E-state index is 12.9. The Morgan fingerprint density at radius 1 is 1.28 bits per heavy atom. The highest BCUT2D eigenvalue weighted by Crippen LogP contribution is 2.36. The van der Waals surface area contributed by atoms with Crippen molar-refractivity contribution in [2.24, 2.45) is 5.92 Å². The van der Waals surface area contributed by atoms with Gasteiger partial charge in [-0.2, -0.15) is 0 Å². The van der Waals surface area contributed by atoms with Crippen LogP contribution < -0.4 is 0 Å². The van der Waals surface area contributed by atoms with Crippen molar-refractivity contribution >= 4 is 17.7 Å². The third-order valence-corrected chi connectivity index (χ3v) is 5.50. The summed E-state index contributed by atoms with van der Waals surface area (Å²) < 4.78 is 0. The fraction of sp³-hybridized carbons (Fsp3) is 0.526. The maximum atomic E-state index is 12.9. The summed E-state index contributed by atoms with van der Waals surface area (Å²) in [5.74, 6) is 2.35. The fourth-order valence-electron chi connectivity index (χ4n) is 2.86. The third-order valence-electron chi connectivity index (χ3n) is 4.67. The minimum Gasteiger partial charge on any atom is -0.335 e. The van der Waals surface area contributed by atoms with Gasteiger partial charge in [-0.1, -0.05) is 55.9 Å². The summed E-state index contributed by atoms with van der Waals surface area (Å²) in [5.41, 5.74) is 1.17. The number of rotatable bonds is 8. The molecule has 0 radical (unpaired) electrons.